The second kappa shape index (κ2) is 5.73. The summed E-state index contributed by atoms with van der Waals surface area (Å²) in [5, 5.41) is 18.0. The zero-order chi connectivity index (χ0) is 17.6. The number of azo groups is 1. The first kappa shape index (κ1) is 15.9. The fourth-order valence-corrected chi connectivity index (χ4v) is 4.71. The molecule has 0 unspecified atom stereocenters. The predicted octanol–water partition coefficient (Wildman–Crippen LogP) is 1.69. The van der Waals surface area contributed by atoms with Gasteiger partial charge >= 0.3 is 0 Å². The Morgan fingerprint density at radius 3 is 2.64 bits per heavy atom. The van der Waals surface area contributed by atoms with Crippen LogP contribution in [0.3, 0.4) is 0 Å². The van der Waals surface area contributed by atoms with Crippen LogP contribution < -0.4 is 9.47 Å². The average Bonchev–Trinajstić information content (AvgIpc) is 3.09. The third kappa shape index (κ3) is 2.93. The van der Waals surface area contributed by atoms with Gasteiger partial charge in [-0.25, -0.2) is 8.42 Å². The normalized spacial score (nSPS) is 21.8. The van der Waals surface area contributed by atoms with Crippen molar-refractivity contribution >= 4 is 32.3 Å². The molecule has 0 bridgehead atoms. The van der Waals surface area contributed by atoms with Gasteiger partial charge in [0.15, 0.2) is 27.0 Å². The van der Waals surface area contributed by atoms with Gasteiger partial charge in [-0.1, -0.05) is 0 Å². The number of H-pyrrole nitrogens is 1. The SMILES string of the molecule is O=C(N=Nc1c(O)[nH]c2cc3c(cc12)OCCO3)[C@@H]1CCS(=O)(=O)C1. The van der Waals surface area contributed by atoms with Gasteiger partial charge in [-0.15, -0.1) is 10.2 Å². The zero-order valence-corrected chi connectivity index (χ0v) is 13.9. The summed E-state index contributed by atoms with van der Waals surface area (Å²) in [5.41, 5.74) is 0.660. The minimum atomic E-state index is -3.17. The molecule has 10 heteroatoms. The number of nitrogens with zero attached hydrogens (tertiary/aromatic N) is 2. The lowest BCUT2D eigenvalue weighted by atomic mass is 10.1. The molecule has 2 aromatic rings. The number of carbonyl (C=O) groups excluding carboxylic acids is 1. The number of nitrogens with one attached hydrogen (secondary N) is 1. The van der Waals surface area contributed by atoms with E-state index in [1.54, 1.807) is 12.1 Å². The highest BCUT2D eigenvalue weighted by molar-refractivity contribution is 7.91. The summed E-state index contributed by atoms with van der Waals surface area (Å²) in [4.78, 5) is 14.8. The minimum absolute atomic E-state index is 0.0132. The Labute approximate surface area is 142 Å². The monoisotopic (exact) mass is 365 g/mol. The summed E-state index contributed by atoms with van der Waals surface area (Å²) in [6.07, 6.45) is 0.249. The molecule has 0 saturated carbocycles. The van der Waals surface area contributed by atoms with Crippen molar-refractivity contribution in [2.75, 3.05) is 24.7 Å². The van der Waals surface area contributed by atoms with E-state index >= 15 is 0 Å². The summed E-state index contributed by atoms with van der Waals surface area (Å²) < 4.78 is 33.9. The van der Waals surface area contributed by atoms with Gasteiger partial charge in [0.2, 0.25) is 5.88 Å². The molecule has 0 spiro atoms. The first-order chi connectivity index (χ1) is 11.9. The van der Waals surface area contributed by atoms with E-state index in [0.717, 1.165) is 0 Å². The first-order valence-corrected chi connectivity index (χ1v) is 9.55. The number of aromatic amines is 1. The molecular formula is C15H15N3O6S. The predicted molar refractivity (Wildman–Crippen MR) is 87.2 cm³/mol. The molecule has 1 atom stereocenters. The molecule has 3 heterocycles. The van der Waals surface area contributed by atoms with Gasteiger partial charge in [-0.3, -0.25) is 4.79 Å². The Morgan fingerprint density at radius 2 is 1.96 bits per heavy atom. The Bertz CT molecular complexity index is 994. The summed E-state index contributed by atoms with van der Waals surface area (Å²) in [5.74, 6) is -0.673. The van der Waals surface area contributed by atoms with E-state index < -0.39 is 21.7 Å². The van der Waals surface area contributed by atoms with Gasteiger partial charge in [0.25, 0.3) is 5.91 Å². The van der Waals surface area contributed by atoms with Crippen LogP contribution in [0.4, 0.5) is 5.69 Å². The smallest absolute Gasteiger partial charge is 0.268 e. The number of aromatic nitrogens is 1. The molecule has 2 N–H and O–H groups in total. The zero-order valence-electron chi connectivity index (χ0n) is 13.1. The summed E-state index contributed by atoms with van der Waals surface area (Å²) in [6.45, 7) is 0.858. The molecule has 2 aliphatic rings. The first-order valence-electron chi connectivity index (χ1n) is 7.73. The standard InChI is InChI=1S/C15H15N3O6S/c19-14(8-1-4-25(21,22)7-8)18-17-13-9-5-11-12(24-3-2-23-11)6-10(9)16-15(13)20/h5-6,8,16,20H,1-4,7H2/t8-/m1/s1. The number of fused-ring (bicyclic) bond motifs is 2. The largest absolute Gasteiger partial charge is 0.493 e. The van der Waals surface area contributed by atoms with Gasteiger partial charge in [0, 0.05) is 11.5 Å². The molecular weight excluding hydrogens is 350 g/mol. The second-order valence-electron chi connectivity index (χ2n) is 6.00. The maximum absolute atomic E-state index is 12.0. The maximum Gasteiger partial charge on any atom is 0.268 e. The van der Waals surface area contributed by atoms with Crippen molar-refractivity contribution in [3.63, 3.8) is 0 Å². The van der Waals surface area contributed by atoms with E-state index in [-0.39, 0.29) is 29.5 Å². The molecule has 1 aromatic carbocycles. The van der Waals surface area contributed by atoms with Crippen molar-refractivity contribution in [2.24, 2.45) is 16.1 Å². The lowest BCUT2D eigenvalue weighted by molar-refractivity contribution is -0.121. The number of amides is 1. The van der Waals surface area contributed by atoms with Crippen molar-refractivity contribution in [1.29, 1.82) is 0 Å². The van der Waals surface area contributed by atoms with Crippen molar-refractivity contribution in [3.8, 4) is 17.4 Å². The highest BCUT2D eigenvalue weighted by atomic mass is 32.2. The van der Waals surface area contributed by atoms with Crippen LogP contribution in [0.1, 0.15) is 6.42 Å². The number of hydrogen-bond donors (Lipinski definition) is 2. The van der Waals surface area contributed by atoms with Gasteiger partial charge in [0.05, 0.1) is 22.9 Å². The van der Waals surface area contributed by atoms with Crippen LogP contribution in [0.15, 0.2) is 22.4 Å². The van der Waals surface area contributed by atoms with E-state index in [2.05, 4.69) is 15.2 Å². The number of rotatable bonds is 2. The van der Waals surface area contributed by atoms with E-state index in [0.29, 0.717) is 35.6 Å². The van der Waals surface area contributed by atoms with Crippen LogP contribution in [0.5, 0.6) is 17.4 Å². The fraction of sp³-hybridized carbons (Fsp3) is 0.400. The fourth-order valence-electron chi connectivity index (χ4n) is 2.97. The van der Waals surface area contributed by atoms with E-state index in [9.17, 15) is 18.3 Å². The van der Waals surface area contributed by atoms with Gasteiger partial charge < -0.3 is 19.6 Å². The number of aromatic hydroxyl groups is 1. The number of ether oxygens (including phenoxy) is 2. The topological polar surface area (TPSA) is 130 Å². The van der Waals surface area contributed by atoms with Crippen molar-refractivity contribution in [3.05, 3.63) is 12.1 Å². The molecule has 0 radical (unpaired) electrons. The molecule has 132 valence electrons. The summed E-state index contributed by atoms with van der Waals surface area (Å²) in [6, 6.07) is 3.33. The summed E-state index contributed by atoms with van der Waals surface area (Å²) in [7, 11) is -3.17. The highest BCUT2D eigenvalue weighted by Gasteiger charge is 2.33. The lowest BCUT2D eigenvalue weighted by Gasteiger charge is -2.18. The number of carbonyl (C=O) groups is 1. The van der Waals surface area contributed by atoms with Crippen LogP contribution in [-0.4, -0.2) is 49.1 Å². The Hall–Kier alpha value is -2.62. The Kier molecular flexibility index (Phi) is 3.64. The maximum atomic E-state index is 12.0. The summed E-state index contributed by atoms with van der Waals surface area (Å²) >= 11 is 0. The third-order valence-electron chi connectivity index (χ3n) is 4.25. The van der Waals surface area contributed by atoms with Gasteiger partial charge in [-0.2, -0.15) is 0 Å². The minimum Gasteiger partial charge on any atom is -0.493 e. The molecule has 2 aliphatic heterocycles. The Balaban J connectivity index is 1.65. The van der Waals surface area contributed by atoms with Crippen LogP contribution in [0.2, 0.25) is 0 Å². The van der Waals surface area contributed by atoms with Crippen LogP contribution in [-0.2, 0) is 14.6 Å². The van der Waals surface area contributed by atoms with Crippen molar-refractivity contribution in [2.45, 2.75) is 6.42 Å². The van der Waals surface area contributed by atoms with E-state index in [1.807, 2.05) is 0 Å². The number of hydrogen-bond acceptors (Lipinski definition) is 7. The lowest BCUT2D eigenvalue weighted by Crippen LogP contribution is -2.15. The van der Waals surface area contributed by atoms with Crippen molar-refractivity contribution in [1.82, 2.24) is 4.98 Å². The quantitative estimate of drug-likeness (QED) is 0.779. The third-order valence-corrected chi connectivity index (χ3v) is 6.01. The van der Waals surface area contributed by atoms with E-state index in [1.165, 1.54) is 0 Å². The second-order valence-corrected chi connectivity index (χ2v) is 8.23. The molecule has 1 aromatic heterocycles. The van der Waals surface area contributed by atoms with Crippen LogP contribution >= 0.6 is 0 Å². The molecule has 9 nitrogen and oxygen atoms in total. The van der Waals surface area contributed by atoms with Crippen LogP contribution in [0, 0.1) is 5.92 Å². The molecule has 1 amide bonds. The average molecular weight is 365 g/mol. The molecule has 4 rings (SSSR count). The molecule has 0 aliphatic carbocycles. The van der Waals surface area contributed by atoms with Gasteiger partial charge in [-0.05, 0) is 12.5 Å². The van der Waals surface area contributed by atoms with E-state index in [4.69, 9.17) is 9.47 Å². The van der Waals surface area contributed by atoms with Crippen LogP contribution in [0.25, 0.3) is 10.9 Å². The molecule has 1 saturated heterocycles. The molecule has 25 heavy (non-hydrogen) atoms. The van der Waals surface area contributed by atoms with Gasteiger partial charge in [0.1, 0.15) is 13.2 Å². The number of benzene rings is 1. The Morgan fingerprint density at radius 1 is 1.24 bits per heavy atom. The molecule has 1 fully saturated rings. The number of sulfone groups is 1. The van der Waals surface area contributed by atoms with Crippen molar-refractivity contribution < 1.29 is 27.8 Å². The highest BCUT2D eigenvalue weighted by Crippen LogP contribution is 2.42.